The number of rotatable bonds is 2. The molecule has 1 aliphatic heterocycles. The van der Waals surface area contributed by atoms with Crippen molar-refractivity contribution in [2.45, 2.75) is 19.4 Å². The summed E-state index contributed by atoms with van der Waals surface area (Å²) in [7, 11) is 0. The number of thiocarbonyl (C=S) groups is 1. The van der Waals surface area contributed by atoms with E-state index in [0.717, 1.165) is 12.1 Å². The maximum absolute atomic E-state index is 5.51. The maximum atomic E-state index is 5.51. The molecule has 2 aromatic rings. The van der Waals surface area contributed by atoms with Crippen LogP contribution >= 0.6 is 12.2 Å². The van der Waals surface area contributed by atoms with Crippen LogP contribution in [0.2, 0.25) is 0 Å². The second-order valence-electron chi connectivity index (χ2n) is 5.10. The standard InChI is InChI=1S/C17H17N3S/c1-13-7-9-15(10-8-13)19-17(21)20-16(11-12-18-20)14-5-3-2-4-6-14/h2-10,12,16H,11H2,1H3,(H,19,21). The third kappa shape index (κ3) is 3.11. The quantitative estimate of drug-likeness (QED) is 0.844. The van der Waals surface area contributed by atoms with E-state index in [1.165, 1.54) is 11.1 Å². The largest absolute Gasteiger partial charge is 0.331 e. The summed E-state index contributed by atoms with van der Waals surface area (Å²) in [5, 5.41) is 10.2. The molecule has 0 aromatic heterocycles. The van der Waals surface area contributed by atoms with Crippen molar-refractivity contribution in [3.8, 4) is 0 Å². The van der Waals surface area contributed by atoms with E-state index in [0.29, 0.717) is 5.11 Å². The number of nitrogens with one attached hydrogen (secondary N) is 1. The van der Waals surface area contributed by atoms with Gasteiger partial charge in [-0.25, -0.2) is 5.01 Å². The summed E-state index contributed by atoms with van der Waals surface area (Å²) in [6, 6.07) is 18.7. The Bertz CT molecular complexity index is 649. The van der Waals surface area contributed by atoms with Gasteiger partial charge in [0.1, 0.15) is 0 Å². The molecule has 0 bridgehead atoms. The van der Waals surface area contributed by atoms with Crippen molar-refractivity contribution in [1.82, 2.24) is 5.01 Å². The fourth-order valence-electron chi connectivity index (χ4n) is 2.38. The van der Waals surface area contributed by atoms with Crippen LogP contribution in [-0.2, 0) is 0 Å². The van der Waals surface area contributed by atoms with Crippen LogP contribution in [0.15, 0.2) is 59.7 Å². The summed E-state index contributed by atoms with van der Waals surface area (Å²) in [6.45, 7) is 2.07. The minimum absolute atomic E-state index is 0.177. The molecule has 1 heterocycles. The number of nitrogens with zero attached hydrogens (tertiary/aromatic N) is 2. The Kier molecular flexibility index (Phi) is 3.97. The molecule has 0 amide bonds. The molecule has 0 spiro atoms. The van der Waals surface area contributed by atoms with E-state index in [9.17, 15) is 0 Å². The molecule has 0 saturated carbocycles. The van der Waals surface area contributed by atoms with E-state index in [1.807, 2.05) is 41.6 Å². The lowest BCUT2D eigenvalue weighted by atomic mass is 10.1. The van der Waals surface area contributed by atoms with E-state index >= 15 is 0 Å². The van der Waals surface area contributed by atoms with E-state index in [-0.39, 0.29) is 6.04 Å². The van der Waals surface area contributed by atoms with E-state index in [2.05, 4.69) is 41.6 Å². The van der Waals surface area contributed by atoms with E-state index < -0.39 is 0 Å². The lowest BCUT2D eigenvalue weighted by Crippen LogP contribution is -2.31. The first-order valence-electron chi connectivity index (χ1n) is 6.98. The average Bonchev–Trinajstić information content (AvgIpc) is 3.00. The molecular weight excluding hydrogens is 278 g/mol. The van der Waals surface area contributed by atoms with Crippen LogP contribution in [0.25, 0.3) is 0 Å². The van der Waals surface area contributed by atoms with E-state index in [1.54, 1.807) is 0 Å². The predicted octanol–water partition coefficient (Wildman–Crippen LogP) is 4.12. The van der Waals surface area contributed by atoms with Crippen LogP contribution in [0.1, 0.15) is 23.6 Å². The first kappa shape index (κ1) is 13.8. The molecule has 0 saturated heterocycles. The Morgan fingerprint density at radius 2 is 1.86 bits per heavy atom. The normalized spacial score (nSPS) is 17.0. The molecular formula is C17H17N3S. The van der Waals surface area contributed by atoms with Gasteiger partial charge in [0.25, 0.3) is 0 Å². The van der Waals surface area contributed by atoms with Crippen LogP contribution in [-0.4, -0.2) is 16.3 Å². The van der Waals surface area contributed by atoms with Crippen LogP contribution in [0.4, 0.5) is 5.69 Å². The monoisotopic (exact) mass is 295 g/mol. The van der Waals surface area contributed by atoms with Crippen LogP contribution in [0.3, 0.4) is 0 Å². The molecule has 21 heavy (non-hydrogen) atoms. The van der Waals surface area contributed by atoms with Crippen molar-refractivity contribution in [1.29, 1.82) is 0 Å². The van der Waals surface area contributed by atoms with Crippen molar-refractivity contribution in [3.63, 3.8) is 0 Å². The van der Waals surface area contributed by atoms with Gasteiger partial charge in [0.05, 0.1) is 6.04 Å². The number of hydrazone groups is 1. The van der Waals surface area contributed by atoms with Gasteiger partial charge in [-0.2, -0.15) is 5.10 Å². The molecule has 0 radical (unpaired) electrons. The fourth-order valence-corrected chi connectivity index (χ4v) is 2.67. The molecule has 0 fully saturated rings. The van der Waals surface area contributed by atoms with Gasteiger partial charge >= 0.3 is 0 Å². The lowest BCUT2D eigenvalue weighted by Gasteiger charge is -2.25. The van der Waals surface area contributed by atoms with Crippen molar-refractivity contribution in [2.24, 2.45) is 5.10 Å². The molecule has 3 nitrogen and oxygen atoms in total. The third-order valence-electron chi connectivity index (χ3n) is 3.53. The Morgan fingerprint density at radius 3 is 2.57 bits per heavy atom. The highest BCUT2D eigenvalue weighted by atomic mass is 32.1. The van der Waals surface area contributed by atoms with Gasteiger partial charge in [0.2, 0.25) is 0 Å². The van der Waals surface area contributed by atoms with Crippen molar-refractivity contribution in [2.75, 3.05) is 5.32 Å². The second kappa shape index (κ2) is 6.06. The maximum Gasteiger partial charge on any atom is 0.194 e. The predicted molar refractivity (Wildman–Crippen MR) is 91.5 cm³/mol. The van der Waals surface area contributed by atoms with Crippen molar-refractivity contribution < 1.29 is 0 Å². The van der Waals surface area contributed by atoms with Gasteiger partial charge in [-0.1, -0.05) is 48.0 Å². The Labute approximate surface area is 130 Å². The topological polar surface area (TPSA) is 27.6 Å². The van der Waals surface area contributed by atoms with Crippen LogP contribution in [0.5, 0.6) is 0 Å². The van der Waals surface area contributed by atoms with Gasteiger partial charge in [-0.3, -0.25) is 0 Å². The zero-order chi connectivity index (χ0) is 14.7. The number of benzene rings is 2. The smallest absolute Gasteiger partial charge is 0.194 e. The number of anilines is 1. The van der Waals surface area contributed by atoms with Gasteiger partial charge in [-0.05, 0) is 36.8 Å². The highest BCUT2D eigenvalue weighted by molar-refractivity contribution is 7.80. The Morgan fingerprint density at radius 1 is 1.14 bits per heavy atom. The summed E-state index contributed by atoms with van der Waals surface area (Å²) < 4.78 is 0. The third-order valence-corrected chi connectivity index (χ3v) is 3.81. The van der Waals surface area contributed by atoms with Crippen LogP contribution in [0, 0.1) is 6.92 Å². The Balaban J connectivity index is 1.74. The molecule has 3 rings (SSSR count). The zero-order valence-electron chi connectivity index (χ0n) is 11.9. The SMILES string of the molecule is Cc1ccc(NC(=S)N2N=CCC2c2ccccc2)cc1. The minimum atomic E-state index is 0.177. The number of aryl methyl sites for hydroxylation is 1. The van der Waals surface area contributed by atoms with Gasteiger partial charge in [-0.15, -0.1) is 0 Å². The fraction of sp³-hybridized carbons (Fsp3) is 0.176. The van der Waals surface area contributed by atoms with Gasteiger partial charge in [0, 0.05) is 18.3 Å². The summed E-state index contributed by atoms with van der Waals surface area (Å²) in [6.07, 6.45) is 2.79. The highest BCUT2D eigenvalue weighted by Gasteiger charge is 2.25. The minimum Gasteiger partial charge on any atom is -0.331 e. The average molecular weight is 295 g/mol. The van der Waals surface area contributed by atoms with Crippen molar-refractivity contribution in [3.05, 3.63) is 65.7 Å². The van der Waals surface area contributed by atoms with Crippen LogP contribution < -0.4 is 5.32 Å². The second-order valence-corrected chi connectivity index (χ2v) is 5.49. The molecule has 1 N–H and O–H groups in total. The zero-order valence-corrected chi connectivity index (χ0v) is 12.7. The Hall–Kier alpha value is -2.20. The summed E-state index contributed by atoms with van der Waals surface area (Å²) >= 11 is 5.51. The van der Waals surface area contributed by atoms with Crippen molar-refractivity contribution >= 4 is 29.2 Å². The summed E-state index contributed by atoms with van der Waals surface area (Å²) in [5.41, 5.74) is 3.44. The first-order valence-corrected chi connectivity index (χ1v) is 7.39. The molecule has 106 valence electrons. The number of hydrogen-bond donors (Lipinski definition) is 1. The lowest BCUT2D eigenvalue weighted by molar-refractivity contribution is 0.375. The van der Waals surface area contributed by atoms with Gasteiger partial charge in [0.15, 0.2) is 5.11 Å². The molecule has 1 atom stereocenters. The number of hydrogen-bond acceptors (Lipinski definition) is 2. The summed E-state index contributed by atoms with van der Waals surface area (Å²) in [5.74, 6) is 0. The molecule has 1 aliphatic rings. The molecule has 4 heteroatoms. The first-order chi connectivity index (χ1) is 10.2. The van der Waals surface area contributed by atoms with Gasteiger partial charge < -0.3 is 5.32 Å². The van der Waals surface area contributed by atoms with E-state index in [4.69, 9.17) is 12.2 Å². The highest BCUT2D eigenvalue weighted by Crippen LogP contribution is 2.28. The molecule has 1 unspecified atom stereocenters. The summed E-state index contributed by atoms with van der Waals surface area (Å²) in [4.78, 5) is 0. The molecule has 0 aliphatic carbocycles. The molecule has 2 aromatic carbocycles.